The van der Waals surface area contributed by atoms with E-state index in [1.165, 1.54) is 0 Å². The van der Waals surface area contributed by atoms with Gasteiger partial charge in [0.25, 0.3) is 5.56 Å². The van der Waals surface area contributed by atoms with Crippen LogP contribution in [0.15, 0.2) is 46.1 Å². The van der Waals surface area contributed by atoms with Crippen LogP contribution in [0.1, 0.15) is 48.4 Å². The highest BCUT2D eigenvalue weighted by atomic mass is 16.5. The number of benzene rings is 2. The molecule has 0 saturated carbocycles. The Morgan fingerprint density at radius 2 is 1.61 bits per heavy atom. The smallest absolute Gasteiger partial charge is 0.329 e. The molecule has 3 aliphatic heterocycles. The van der Waals surface area contributed by atoms with E-state index in [-0.39, 0.29) is 29.0 Å². The molecule has 0 aliphatic carbocycles. The number of fused-ring (bicyclic) bond motifs is 1. The number of piperidine rings is 2. The molecule has 1 unspecified atom stereocenters. The van der Waals surface area contributed by atoms with Crippen LogP contribution in [0.2, 0.25) is 0 Å². The third kappa shape index (κ3) is 5.42. The van der Waals surface area contributed by atoms with E-state index in [4.69, 9.17) is 9.47 Å². The molecule has 49 heavy (non-hydrogen) atoms. The van der Waals surface area contributed by atoms with Gasteiger partial charge in [0.1, 0.15) is 17.5 Å². The minimum absolute atomic E-state index is 0.000734. The molecule has 12 nitrogen and oxygen atoms in total. The number of aryl methyl sites for hydroxylation is 2. The highest BCUT2D eigenvalue weighted by Gasteiger charge is 2.46. The van der Waals surface area contributed by atoms with Crippen LogP contribution in [0.25, 0.3) is 22.2 Å². The summed E-state index contributed by atoms with van der Waals surface area (Å²) in [7, 11) is 6.90. The highest BCUT2D eigenvalue weighted by Crippen LogP contribution is 2.45. The van der Waals surface area contributed by atoms with Crippen molar-refractivity contribution < 1.29 is 19.1 Å². The molecule has 1 atom stereocenters. The van der Waals surface area contributed by atoms with Crippen molar-refractivity contribution in [2.75, 3.05) is 45.3 Å². The fraction of sp³-hybridized carbons (Fsp3) is 0.459. The van der Waals surface area contributed by atoms with Crippen LogP contribution in [0.4, 0.5) is 5.69 Å². The molecule has 0 radical (unpaired) electrons. The van der Waals surface area contributed by atoms with Gasteiger partial charge in [-0.2, -0.15) is 0 Å². The lowest BCUT2D eigenvalue weighted by atomic mass is 9.71. The lowest BCUT2D eigenvalue weighted by Gasteiger charge is -2.55. The van der Waals surface area contributed by atoms with Crippen LogP contribution < -0.4 is 30.9 Å². The number of amides is 2. The third-order valence-corrected chi connectivity index (χ3v) is 11.1. The van der Waals surface area contributed by atoms with E-state index >= 15 is 0 Å². The predicted molar refractivity (Wildman–Crippen MR) is 187 cm³/mol. The van der Waals surface area contributed by atoms with Gasteiger partial charge in [-0.3, -0.25) is 33.7 Å². The Balaban J connectivity index is 1.06. The fourth-order valence-corrected chi connectivity index (χ4v) is 8.12. The summed E-state index contributed by atoms with van der Waals surface area (Å²) in [6, 6.07) is 9.27. The van der Waals surface area contributed by atoms with Crippen molar-refractivity contribution in [3.63, 3.8) is 0 Å². The molecule has 12 heteroatoms. The number of carbonyl (C=O) groups is 2. The first kappa shape index (κ1) is 32.7. The Bertz CT molecular complexity index is 2080. The van der Waals surface area contributed by atoms with Crippen molar-refractivity contribution in [2.45, 2.75) is 52.1 Å². The number of hydrogen-bond acceptors (Lipinski definition) is 8. The molecule has 2 aromatic heterocycles. The van der Waals surface area contributed by atoms with E-state index < -0.39 is 11.9 Å². The Morgan fingerprint density at radius 3 is 2.24 bits per heavy atom. The number of para-hydroxylation sites is 1. The standard InChI is InChI=1S/C37H44N6O6/c1-22-23(2)35(46)39(3)18-25(22)24-16-30(48-5)26(31(17-24)49-6)19-41-14-12-37(13-15-41)20-42(21-37)27-8-7-9-28-33(27)40(4)36(47)43(28)29-10-11-32(44)38-34(29)45/h7-9,16-18,29H,10-15,19-21H2,1-6H3,(H,38,44,45). The second-order valence-corrected chi connectivity index (χ2v) is 14.0. The fourth-order valence-electron chi connectivity index (χ4n) is 8.12. The summed E-state index contributed by atoms with van der Waals surface area (Å²) < 4.78 is 16.6. The van der Waals surface area contributed by atoms with Crippen LogP contribution in [0.5, 0.6) is 11.5 Å². The molecule has 3 fully saturated rings. The van der Waals surface area contributed by atoms with Gasteiger partial charge in [0.15, 0.2) is 0 Å². The summed E-state index contributed by atoms with van der Waals surface area (Å²) in [5, 5.41) is 2.39. The first-order chi connectivity index (χ1) is 23.4. The lowest BCUT2D eigenvalue weighted by molar-refractivity contribution is -0.135. The van der Waals surface area contributed by atoms with E-state index in [9.17, 15) is 19.2 Å². The van der Waals surface area contributed by atoms with Crippen LogP contribution in [0, 0.1) is 19.3 Å². The largest absolute Gasteiger partial charge is 0.496 e. The maximum Gasteiger partial charge on any atom is 0.329 e. The van der Waals surface area contributed by atoms with Gasteiger partial charge >= 0.3 is 5.69 Å². The lowest BCUT2D eigenvalue weighted by Crippen LogP contribution is -2.60. The highest BCUT2D eigenvalue weighted by molar-refractivity contribution is 6.00. The average molecular weight is 669 g/mol. The topological polar surface area (TPSA) is 120 Å². The number of anilines is 1. The number of pyridine rings is 1. The third-order valence-electron chi connectivity index (χ3n) is 11.1. The summed E-state index contributed by atoms with van der Waals surface area (Å²) in [6.07, 6.45) is 4.50. The van der Waals surface area contributed by atoms with Gasteiger partial charge < -0.3 is 18.9 Å². The van der Waals surface area contributed by atoms with Gasteiger partial charge in [-0.15, -0.1) is 0 Å². The molecule has 5 heterocycles. The number of aromatic nitrogens is 3. The van der Waals surface area contributed by atoms with Gasteiger partial charge in [-0.1, -0.05) is 6.07 Å². The minimum Gasteiger partial charge on any atom is -0.496 e. The summed E-state index contributed by atoms with van der Waals surface area (Å²) in [5.41, 5.74) is 7.07. The number of hydrogen-bond donors (Lipinski definition) is 1. The molecule has 3 saturated heterocycles. The first-order valence-corrected chi connectivity index (χ1v) is 16.9. The molecular weight excluding hydrogens is 624 g/mol. The Labute approximate surface area is 284 Å². The van der Waals surface area contributed by atoms with E-state index in [1.807, 2.05) is 44.3 Å². The van der Waals surface area contributed by atoms with Crippen molar-refractivity contribution in [1.82, 2.24) is 23.9 Å². The zero-order chi connectivity index (χ0) is 34.8. The summed E-state index contributed by atoms with van der Waals surface area (Å²) in [5.74, 6) is 0.801. The first-order valence-electron chi connectivity index (χ1n) is 16.9. The second kappa shape index (κ2) is 12.2. The minimum atomic E-state index is -0.702. The number of carbonyl (C=O) groups excluding carboxylic acids is 2. The van der Waals surface area contributed by atoms with Crippen molar-refractivity contribution in [2.24, 2.45) is 19.5 Å². The number of ether oxygens (including phenoxy) is 2. The average Bonchev–Trinajstić information content (AvgIpc) is 3.34. The molecule has 2 amide bonds. The number of methoxy groups -OCH3 is 2. The van der Waals surface area contributed by atoms with E-state index in [1.54, 1.807) is 42.0 Å². The van der Waals surface area contributed by atoms with Crippen molar-refractivity contribution in [1.29, 1.82) is 0 Å². The molecular formula is C37H44N6O6. The molecule has 1 spiro atoms. The predicted octanol–water partition coefficient (Wildman–Crippen LogP) is 3.42. The quantitative estimate of drug-likeness (QED) is 0.298. The molecule has 4 aromatic rings. The maximum absolute atomic E-state index is 13.4. The van der Waals surface area contributed by atoms with Gasteiger partial charge in [0.05, 0.1) is 36.5 Å². The molecule has 1 N–H and O–H groups in total. The number of rotatable bonds is 7. The normalized spacial score (nSPS) is 19.3. The molecule has 0 bridgehead atoms. The van der Waals surface area contributed by atoms with Crippen molar-refractivity contribution >= 4 is 28.5 Å². The monoisotopic (exact) mass is 668 g/mol. The van der Waals surface area contributed by atoms with Crippen LogP contribution in [-0.2, 0) is 30.2 Å². The van der Waals surface area contributed by atoms with Crippen LogP contribution >= 0.6 is 0 Å². The number of imide groups is 1. The van der Waals surface area contributed by atoms with Gasteiger partial charge in [0, 0.05) is 62.9 Å². The summed E-state index contributed by atoms with van der Waals surface area (Å²) >= 11 is 0. The van der Waals surface area contributed by atoms with Crippen molar-refractivity contribution in [3.05, 3.63) is 74.1 Å². The Hall–Kier alpha value is -4.84. The van der Waals surface area contributed by atoms with E-state index in [0.717, 1.165) is 89.5 Å². The molecule has 7 rings (SSSR count). The van der Waals surface area contributed by atoms with Crippen LogP contribution in [-0.4, -0.2) is 70.8 Å². The van der Waals surface area contributed by atoms with E-state index in [2.05, 4.69) is 21.2 Å². The number of nitrogens with one attached hydrogen (secondary N) is 1. The Morgan fingerprint density at radius 1 is 0.939 bits per heavy atom. The molecule has 3 aliphatic rings. The number of nitrogens with zero attached hydrogens (tertiary/aromatic N) is 5. The van der Waals surface area contributed by atoms with Crippen LogP contribution in [0.3, 0.4) is 0 Å². The number of likely N-dealkylation sites (tertiary alicyclic amines) is 1. The zero-order valence-corrected chi connectivity index (χ0v) is 29.1. The van der Waals surface area contributed by atoms with Crippen molar-refractivity contribution in [3.8, 4) is 22.6 Å². The van der Waals surface area contributed by atoms with Gasteiger partial charge in [-0.05, 0) is 81.6 Å². The maximum atomic E-state index is 13.4. The number of imidazole rings is 1. The van der Waals surface area contributed by atoms with Gasteiger partial charge in [0.2, 0.25) is 11.8 Å². The van der Waals surface area contributed by atoms with Gasteiger partial charge in [-0.25, -0.2) is 4.79 Å². The second-order valence-electron chi connectivity index (χ2n) is 14.0. The molecule has 2 aromatic carbocycles. The SMILES string of the molecule is COc1cc(-c2cn(C)c(=O)c(C)c2C)cc(OC)c1CN1CCC2(CC1)CN(c1cccc3c1n(C)c(=O)n3C1CCC(=O)NC1=O)C2. The zero-order valence-electron chi connectivity index (χ0n) is 29.1. The summed E-state index contributed by atoms with van der Waals surface area (Å²) in [4.78, 5) is 55.2. The molecule has 258 valence electrons. The van der Waals surface area contributed by atoms with E-state index in [0.29, 0.717) is 18.5 Å². The summed E-state index contributed by atoms with van der Waals surface area (Å²) in [6.45, 7) is 8.22. The Kier molecular flexibility index (Phi) is 8.17.